The Morgan fingerprint density at radius 1 is 1.47 bits per heavy atom. The van der Waals surface area contributed by atoms with Gasteiger partial charge in [-0.25, -0.2) is 0 Å². The number of hydrogen-bond acceptors (Lipinski definition) is 4. The zero-order chi connectivity index (χ0) is 12.5. The molecule has 0 spiro atoms. The summed E-state index contributed by atoms with van der Waals surface area (Å²) in [5.74, 6) is -0.124. The average Bonchev–Trinajstić information content (AvgIpc) is 2.35. The van der Waals surface area contributed by atoms with E-state index in [9.17, 15) is 4.79 Å². The van der Waals surface area contributed by atoms with Gasteiger partial charge >= 0.3 is 5.97 Å². The van der Waals surface area contributed by atoms with Gasteiger partial charge in [0, 0.05) is 25.5 Å². The predicted octanol–water partition coefficient (Wildman–Crippen LogP) is 1.51. The second kappa shape index (κ2) is 7.79. The molecule has 4 heteroatoms. The van der Waals surface area contributed by atoms with E-state index in [1.54, 1.807) is 6.20 Å². The van der Waals surface area contributed by atoms with Gasteiger partial charge in [-0.15, -0.1) is 0 Å². The molecule has 0 saturated carbocycles. The number of aromatic nitrogens is 1. The molecule has 0 N–H and O–H groups in total. The van der Waals surface area contributed by atoms with Crippen molar-refractivity contribution in [2.24, 2.45) is 0 Å². The molecule has 17 heavy (non-hydrogen) atoms. The Bertz CT molecular complexity index is 327. The lowest BCUT2D eigenvalue weighted by atomic mass is 10.2. The number of ether oxygens (including phenoxy) is 1. The molecular formula is C13H20N2O2. The molecule has 0 saturated heterocycles. The number of carbonyl (C=O) groups is 1. The molecule has 0 amide bonds. The third-order valence-electron chi connectivity index (χ3n) is 2.51. The van der Waals surface area contributed by atoms with Gasteiger partial charge in [-0.3, -0.25) is 9.78 Å². The van der Waals surface area contributed by atoms with Gasteiger partial charge in [0.1, 0.15) is 0 Å². The molecule has 0 aromatic carbocycles. The Kier molecular flexibility index (Phi) is 6.25. The molecule has 0 bridgehead atoms. The molecule has 0 atom stereocenters. The maximum absolute atomic E-state index is 11.2. The van der Waals surface area contributed by atoms with Crippen molar-refractivity contribution in [1.29, 1.82) is 0 Å². The molecule has 0 radical (unpaired) electrons. The van der Waals surface area contributed by atoms with Crippen LogP contribution in [0, 0.1) is 0 Å². The first-order chi connectivity index (χ1) is 8.22. The average molecular weight is 236 g/mol. The topological polar surface area (TPSA) is 42.4 Å². The van der Waals surface area contributed by atoms with Gasteiger partial charge in [-0.2, -0.15) is 0 Å². The summed E-state index contributed by atoms with van der Waals surface area (Å²) >= 11 is 0. The zero-order valence-electron chi connectivity index (χ0n) is 10.6. The van der Waals surface area contributed by atoms with Gasteiger partial charge in [0.2, 0.25) is 0 Å². The maximum atomic E-state index is 11.2. The second-order valence-electron chi connectivity index (χ2n) is 3.97. The van der Waals surface area contributed by atoms with Crippen molar-refractivity contribution in [1.82, 2.24) is 9.88 Å². The van der Waals surface area contributed by atoms with Crippen LogP contribution in [0.3, 0.4) is 0 Å². The van der Waals surface area contributed by atoms with Crippen LogP contribution in [-0.4, -0.2) is 42.6 Å². The summed E-state index contributed by atoms with van der Waals surface area (Å²) in [6.07, 6.45) is 5.05. The minimum Gasteiger partial charge on any atom is -0.466 e. The van der Waals surface area contributed by atoms with Crippen molar-refractivity contribution in [2.75, 3.05) is 26.7 Å². The molecule has 1 aromatic rings. The van der Waals surface area contributed by atoms with Crippen LogP contribution in [0.4, 0.5) is 0 Å². The molecule has 0 aliphatic heterocycles. The van der Waals surface area contributed by atoms with Gasteiger partial charge in [0.25, 0.3) is 0 Å². The van der Waals surface area contributed by atoms with E-state index in [1.807, 2.05) is 26.2 Å². The fourth-order valence-corrected chi connectivity index (χ4v) is 1.49. The number of rotatable bonds is 7. The second-order valence-corrected chi connectivity index (χ2v) is 3.97. The Morgan fingerprint density at radius 2 is 2.29 bits per heavy atom. The van der Waals surface area contributed by atoms with Crippen LogP contribution in [0.2, 0.25) is 0 Å². The number of hydrogen-bond donors (Lipinski definition) is 0. The highest BCUT2D eigenvalue weighted by Crippen LogP contribution is 1.99. The SMILES string of the molecule is CCOC(=O)CCN(C)CCc1cccnc1. The number of nitrogens with zero attached hydrogens (tertiary/aromatic N) is 2. The fraction of sp³-hybridized carbons (Fsp3) is 0.538. The van der Waals surface area contributed by atoms with E-state index in [0.717, 1.165) is 19.5 Å². The minimum atomic E-state index is -0.124. The van der Waals surface area contributed by atoms with E-state index in [4.69, 9.17) is 4.74 Å². The monoisotopic (exact) mass is 236 g/mol. The summed E-state index contributed by atoms with van der Waals surface area (Å²) in [5, 5.41) is 0. The van der Waals surface area contributed by atoms with Crippen LogP contribution < -0.4 is 0 Å². The van der Waals surface area contributed by atoms with Gasteiger partial charge in [-0.05, 0) is 32.0 Å². The zero-order valence-corrected chi connectivity index (χ0v) is 10.6. The highest BCUT2D eigenvalue weighted by Gasteiger charge is 2.05. The summed E-state index contributed by atoms with van der Waals surface area (Å²) in [5.41, 5.74) is 1.22. The van der Waals surface area contributed by atoms with E-state index >= 15 is 0 Å². The lowest BCUT2D eigenvalue weighted by Crippen LogP contribution is -2.24. The molecular weight excluding hydrogens is 216 g/mol. The summed E-state index contributed by atoms with van der Waals surface area (Å²) in [6.45, 7) is 3.94. The van der Waals surface area contributed by atoms with E-state index in [1.165, 1.54) is 5.56 Å². The van der Waals surface area contributed by atoms with E-state index < -0.39 is 0 Å². The maximum Gasteiger partial charge on any atom is 0.307 e. The van der Waals surface area contributed by atoms with E-state index in [2.05, 4.69) is 16.0 Å². The van der Waals surface area contributed by atoms with Crippen molar-refractivity contribution in [3.63, 3.8) is 0 Å². The largest absolute Gasteiger partial charge is 0.466 e. The van der Waals surface area contributed by atoms with Gasteiger partial charge in [0.15, 0.2) is 0 Å². The van der Waals surface area contributed by atoms with Crippen molar-refractivity contribution in [2.45, 2.75) is 19.8 Å². The molecule has 4 nitrogen and oxygen atoms in total. The van der Waals surface area contributed by atoms with Gasteiger partial charge in [0.05, 0.1) is 13.0 Å². The van der Waals surface area contributed by atoms with Crippen LogP contribution in [0.5, 0.6) is 0 Å². The fourth-order valence-electron chi connectivity index (χ4n) is 1.49. The smallest absolute Gasteiger partial charge is 0.307 e. The minimum absolute atomic E-state index is 0.124. The molecule has 1 heterocycles. The molecule has 1 aromatic heterocycles. The third kappa shape index (κ3) is 6.02. The summed E-state index contributed by atoms with van der Waals surface area (Å²) in [6, 6.07) is 4.00. The van der Waals surface area contributed by atoms with Gasteiger partial charge < -0.3 is 9.64 Å². The highest BCUT2D eigenvalue weighted by molar-refractivity contribution is 5.69. The van der Waals surface area contributed by atoms with Crippen LogP contribution in [-0.2, 0) is 16.0 Å². The normalized spacial score (nSPS) is 10.5. The lowest BCUT2D eigenvalue weighted by molar-refractivity contribution is -0.143. The molecule has 94 valence electrons. The number of likely N-dealkylation sites (N-methyl/N-ethyl adjacent to an activating group) is 1. The summed E-state index contributed by atoms with van der Waals surface area (Å²) < 4.78 is 4.88. The van der Waals surface area contributed by atoms with Crippen LogP contribution in [0.25, 0.3) is 0 Å². The van der Waals surface area contributed by atoms with Crippen molar-refractivity contribution in [3.8, 4) is 0 Å². The first-order valence-corrected chi connectivity index (χ1v) is 5.95. The van der Waals surface area contributed by atoms with Gasteiger partial charge in [-0.1, -0.05) is 6.07 Å². The summed E-state index contributed by atoms with van der Waals surface area (Å²) in [7, 11) is 2.01. The number of pyridine rings is 1. The third-order valence-corrected chi connectivity index (χ3v) is 2.51. The number of esters is 1. The van der Waals surface area contributed by atoms with Crippen molar-refractivity contribution < 1.29 is 9.53 Å². The summed E-state index contributed by atoms with van der Waals surface area (Å²) in [4.78, 5) is 17.4. The van der Waals surface area contributed by atoms with E-state index in [-0.39, 0.29) is 5.97 Å². The van der Waals surface area contributed by atoms with Crippen molar-refractivity contribution in [3.05, 3.63) is 30.1 Å². The Labute approximate surface area is 103 Å². The Morgan fingerprint density at radius 3 is 2.94 bits per heavy atom. The Hall–Kier alpha value is -1.42. The first-order valence-electron chi connectivity index (χ1n) is 5.95. The van der Waals surface area contributed by atoms with Crippen LogP contribution >= 0.6 is 0 Å². The predicted molar refractivity (Wildman–Crippen MR) is 66.7 cm³/mol. The highest BCUT2D eigenvalue weighted by atomic mass is 16.5. The number of carbonyl (C=O) groups excluding carboxylic acids is 1. The van der Waals surface area contributed by atoms with Crippen molar-refractivity contribution >= 4 is 5.97 Å². The van der Waals surface area contributed by atoms with E-state index in [0.29, 0.717) is 13.0 Å². The van der Waals surface area contributed by atoms with Crippen LogP contribution in [0.1, 0.15) is 18.9 Å². The molecule has 0 aliphatic rings. The molecule has 0 aliphatic carbocycles. The first kappa shape index (κ1) is 13.6. The quantitative estimate of drug-likeness (QED) is 0.673. The Balaban J connectivity index is 2.17. The standard InChI is InChI=1S/C13H20N2O2/c1-3-17-13(16)7-10-15(2)9-6-12-5-4-8-14-11-12/h4-5,8,11H,3,6-7,9-10H2,1-2H3. The lowest BCUT2D eigenvalue weighted by Gasteiger charge is -2.15. The molecule has 1 rings (SSSR count). The molecule has 0 fully saturated rings. The molecule has 0 unspecified atom stereocenters. The van der Waals surface area contributed by atoms with Crippen LogP contribution in [0.15, 0.2) is 24.5 Å².